The molecule has 6 nitrogen and oxygen atoms in total. The number of pyridine rings is 1. The quantitative estimate of drug-likeness (QED) is 0.847. The minimum Gasteiger partial charge on any atom is -0.494 e. The highest BCUT2D eigenvalue weighted by molar-refractivity contribution is 6.11. The van der Waals surface area contributed by atoms with Gasteiger partial charge in [0, 0.05) is 12.7 Å². The van der Waals surface area contributed by atoms with Gasteiger partial charge in [-0.05, 0) is 12.5 Å². The summed E-state index contributed by atoms with van der Waals surface area (Å²) in [7, 11) is 1.46. The molecule has 0 bridgehead atoms. The number of rotatable bonds is 5. The smallest absolute Gasteiger partial charge is 0.271 e. The molecule has 0 amide bonds. The Balaban J connectivity index is 2.71. The first-order valence-electron chi connectivity index (χ1n) is 6.98. The third-order valence-electron chi connectivity index (χ3n) is 3.58. The molecule has 0 fully saturated rings. The number of aromatic hydroxyl groups is 1. The number of methoxy groups -OCH3 is 1. The molecule has 0 aliphatic carbocycles. The van der Waals surface area contributed by atoms with Crippen molar-refractivity contribution in [3.05, 3.63) is 62.9 Å². The molecule has 1 heterocycles. The van der Waals surface area contributed by atoms with Crippen LogP contribution in [0.15, 0.2) is 35.1 Å². The Bertz CT molecular complexity index is 832. The highest BCUT2D eigenvalue weighted by Gasteiger charge is 2.24. The fraction of sp³-hybridized carbons (Fsp3) is 0.235. The van der Waals surface area contributed by atoms with Gasteiger partial charge in [0.15, 0.2) is 5.78 Å². The van der Waals surface area contributed by atoms with E-state index < -0.39 is 17.2 Å². The second-order valence-corrected chi connectivity index (χ2v) is 4.96. The van der Waals surface area contributed by atoms with Crippen molar-refractivity contribution < 1.29 is 14.6 Å². The van der Waals surface area contributed by atoms with E-state index >= 15 is 0 Å². The molecule has 0 radical (unpaired) electrons. The van der Waals surface area contributed by atoms with Gasteiger partial charge in [-0.1, -0.05) is 30.3 Å². The molecule has 0 atom stereocenters. The van der Waals surface area contributed by atoms with Crippen LogP contribution in [0.5, 0.6) is 5.88 Å². The predicted molar refractivity (Wildman–Crippen MR) is 83.6 cm³/mol. The van der Waals surface area contributed by atoms with E-state index in [9.17, 15) is 20.0 Å². The number of hydrogen-bond donors (Lipinski definition) is 1. The summed E-state index contributed by atoms with van der Waals surface area (Å²) >= 11 is 0. The largest absolute Gasteiger partial charge is 0.494 e. The molecule has 0 saturated carbocycles. The molecule has 0 aliphatic heterocycles. The summed E-state index contributed by atoms with van der Waals surface area (Å²) in [4.78, 5) is 24.9. The van der Waals surface area contributed by atoms with Crippen molar-refractivity contribution in [3.8, 4) is 11.9 Å². The average molecular weight is 312 g/mol. The van der Waals surface area contributed by atoms with E-state index in [1.54, 1.807) is 30.3 Å². The molecular weight excluding hydrogens is 296 g/mol. The van der Waals surface area contributed by atoms with Crippen molar-refractivity contribution in [3.63, 3.8) is 0 Å². The van der Waals surface area contributed by atoms with E-state index in [1.807, 2.05) is 6.07 Å². The molecule has 0 aliphatic rings. The number of aromatic nitrogens is 1. The number of nitriles is 1. The highest BCUT2D eigenvalue weighted by Crippen LogP contribution is 2.24. The molecule has 0 spiro atoms. The van der Waals surface area contributed by atoms with E-state index in [-0.39, 0.29) is 29.8 Å². The summed E-state index contributed by atoms with van der Waals surface area (Å²) in [6.45, 7) is 1.70. The standard InChI is InChI=1S/C17H16N2O4/c1-11-13(10-18)16(21)19(8-9-23-2)17(22)14(11)15(20)12-6-4-3-5-7-12/h3-7,22H,8-9H2,1-2H3. The highest BCUT2D eigenvalue weighted by atomic mass is 16.5. The van der Waals surface area contributed by atoms with Crippen molar-refractivity contribution in [2.24, 2.45) is 0 Å². The summed E-state index contributed by atoms with van der Waals surface area (Å²) in [5, 5.41) is 19.6. The number of carbonyl (C=O) groups is 1. The molecule has 1 N–H and O–H groups in total. The zero-order chi connectivity index (χ0) is 17.0. The van der Waals surface area contributed by atoms with Crippen molar-refractivity contribution in [1.29, 1.82) is 5.26 Å². The molecule has 23 heavy (non-hydrogen) atoms. The van der Waals surface area contributed by atoms with Crippen LogP contribution in [-0.2, 0) is 11.3 Å². The van der Waals surface area contributed by atoms with Crippen LogP contribution < -0.4 is 5.56 Å². The number of benzene rings is 1. The maximum atomic E-state index is 12.7. The normalized spacial score (nSPS) is 10.3. The summed E-state index contributed by atoms with van der Waals surface area (Å²) in [5.41, 5.74) is -0.282. The maximum Gasteiger partial charge on any atom is 0.271 e. The van der Waals surface area contributed by atoms with Crippen LogP contribution in [0.2, 0.25) is 0 Å². The van der Waals surface area contributed by atoms with Gasteiger partial charge in [-0.3, -0.25) is 14.2 Å². The number of nitrogens with zero attached hydrogens (tertiary/aromatic N) is 2. The van der Waals surface area contributed by atoms with Gasteiger partial charge in [-0.15, -0.1) is 0 Å². The van der Waals surface area contributed by atoms with Crippen molar-refractivity contribution >= 4 is 5.78 Å². The van der Waals surface area contributed by atoms with E-state index in [1.165, 1.54) is 14.0 Å². The van der Waals surface area contributed by atoms with Gasteiger partial charge in [0.2, 0.25) is 5.88 Å². The van der Waals surface area contributed by atoms with Crippen LogP contribution in [0.3, 0.4) is 0 Å². The van der Waals surface area contributed by atoms with E-state index in [4.69, 9.17) is 4.74 Å². The lowest BCUT2D eigenvalue weighted by Crippen LogP contribution is -2.28. The Hall–Kier alpha value is -2.91. The minimum atomic E-state index is -0.635. The number of ketones is 1. The average Bonchev–Trinajstić information content (AvgIpc) is 2.56. The lowest BCUT2D eigenvalue weighted by atomic mass is 9.97. The lowest BCUT2D eigenvalue weighted by molar-refractivity contribution is 0.103. The van der Waals surface area contributed by atoms with Gasteiger partial charge in [0.1, 0.15) is 11.6 Å². The van der Waals surface area contributed by atoms with Gasteiger partial charge in [0.25, 0.3) is 5.56 Å². The number of ether oxygens (including phenoxy) is 1. The molecular formula is C17H16N2O4. The van der Waals surface area contributed by atoms with Crippen LogP contribution >= 0.6 is 0 Å². The van der Waals surface area contributed by atoms with E-state index in [0.717, 1.165) is 4.57 Å². The van der Waals surface area contributed by atoms with Gasteiger partial charge >= 0.3 is 0 Å². The van der Waals surface area contributed by atoms with E-state index in [0.29, 0.717) is 5.56 Å². The molecule has 2 aromatic rings. The molecule has 118 valence electrons. The van der Waals surface area contributed by atoms with Crippen LogP contribution in [0.25, 0.3) is 0 Å². The zero-order valence-corrected chi connectivity index (χ0v) is 12.9. The molecule has 0 unspecified atom stereocenters. The molecule has 1 aromatic heterocycles. The monoisotopic (exact) mass is 312 g/mol. The molecule has 0 saturated heterocycles. The third-order valence-corrected chi connectivity index (χ3v) is 3.58. The van der Waals surface area contributed by atoms with Gasteiger partial charge in [-0.25, -0.2) is 0 Å². The Kier molecular flexibility index (Phi) is 4.94. The van der Waals surface area contributed by atoms with Crippen molar-refractivity contribution in [1.82, 2.24) is 4.57 Å². The van der Waals surface area contributed by atoms with Crippen LogP contribution in [0.1, 0.15) is 27.0 Å². The SMILES string of the molecule is COCCn1c(O)c(C(=O)c2ccccc2)c(C)c(C#N)c1=O. The first-order chi connectivity index (χ1) is 11.0. The first kappa shape index (κ1) is 16.5. The summed E-state index contributed by atoms with van der Waals surface area (Å²) < 4.78 is 5.90. The van der Waals surface area contributed by atoms with Crippen molar-refractivity contribution in [2.75, 3.05) is 13.7 Å². The summed E-state index contributed by atoms with van der Waals surface area (Å²) in [5.74, 6) is -0.888. The predicted octanol–water partition coefficient (Wildman–Crippen LogP) is 1.61. The van der Waals surface area contributed by atoms with Crippen molar-refractivity contribution in [2.45, 2.75) is 13.5 Å². The molecule has 1 aromatic carbocycles. The fourth-order valence-corrected chi connectivity index (χ4v) is 2.35. The molecule has 6 heteroatoms. The van der Waals surface area contributed by atoms with E-state index in [2.05, 4.69) is 0 Å². The van der Waals surface area contributed by atoms with Gasteiger partial charge in [0.05, 0.1) is 18.7 Å². The summed E-state index contributed by atoms with van der Waals surface area (Å²) in [6.07, 6.45) is 0. The van der Waals surface area contributed by atoms with Crippen LogP contribution in [0.4, 0.5) is 0 Å². The zero-order valence-electron chi connectivity index (χ0n) is 12.9. The van der Waals surface area contributed by atoms with Crippen LogP contribution in [0, 0.1) is 18.3 Å². The Morgan fingerprint density at radius 1 is 1.35 bits per heavy atom. The summed E-state index contributed by atoms with van der Waals surface area (Å²) in [6, 6.07) is 10.2. The fourth-order valence-electron chi connectivity index (χ4n) is 2.35. The topological polar surface area (TPSA) is 92.3 Å². The lowest BCUT2D eigenvalue weighted by Gasteiger charge is -2.15. The second kappa shape index (κ2) is 6.90. The first-order valence-corrected chi connectivity index (χ1v) is 6.98. The van der Waals surface area contributed by atoms with Gasteiger partial charge < -0.3 is 9.84 Å². The van der Waals surface area contributed by atoms with Gasteiger partial charge in [-0.2, -0.15) is 5.26 Å². The molecule has 2 rings (SSSR count). The number of carbonyl (C=O) groups excluding carboxylic acids is 1. The number of hydrogen-bond acceptors (Lipinski definition) is 5. The Morgan fingerprint density at radius 2 is 2.00 bits per heavy atom. The Labute approximate surface area is 133 Å². The third kappa shape index (κ3) is 3.00. The minimum absolute atomic E-state index is 0.0385. The second-order valence-electron chi connectivity index (χ2n) is 4.96. The Morgan fingerprint density at radius 3 is 2.57 bits per heavy atom. The maximum absolute atomic E-state index is 12.7. The van der Waals surface area contributed by atoms with Crippen LogP contribution in [-0.4, -0.2) is 29.2 Å².